The molecule has 9 heteroatoms. The fraction of sp³-hybridized carbons (Fsp3) is 0.179. The smallest absolute Gasteiger partial charge is 0.267 e. The molecule has 0 saturated carbocycles. The van der Waals surface area contributed by atoms with Crippen LogP contribution in [0.5, 0.6) is 0 Å². The lowest BCUT2D eigenvalue weighted by molar-refractivity contribution is 0.0938. The van der Waals surface area contributed by atoms with Crippen LogP contribution in [0.15, 0.2) is 71.8 Å². The number of aliphatic hydroxyl groups is 1. The van der Waals surface area contributed by atoms with Crippen LogP contribution in [0, 0.1) is 18.8 Å². The number of para-hydroxylation sites is 1. The first-order valence-corrected chi connectivity index (χ1v) is 11.8. The van der Waals surface area contributed by atoms with Crippen LogP contribution >= 0.6 is 0 Å². The Morgan fingerprint density at radius 1 is 1.08 bits per heavy atom. The number of amides is 1. The second-order valence-electron chi connectivity index (χ2n) is 8.63. The average molecular weight is 493 g/mol. The molecule has 0 saturated heterocycles. The summed E-state index contributed by atoms with van der Waals surface area (Å²) in [5.41, 5.74) is 2.53. The lowest BCUT2D eigenvalue weighted by Gasteiger charge is -2.20. The molecular weight excluding hydrogens is 468 g/mol. The fourth-order valence-corrected chi connectivity index (χ4v) is 4.25. The van der Waals surface area contributed by atoms with Crippen LogP contribution in [0.1, 0.15) is 47.3 Å². The molecule has 0 aliphatic carbocycles. The zero-order valence-electron chi connectivity index (χ0n) is 20.5. The second kappa shape index (κ2) is 9.68. The molecule has 184 valence electrons. The van der Waals surface area contributed by atoms with Gasteiger partial charge in [0.25, 0.3) is 11.5 Å². The first kappa shape index (κ1) is 23.9. The van der Waals surface area contributed by atoms with Crippen molar-refractivity contribution < 1.29 is 9.90 Å². The molecule has 2 atom stereocenters. The average Bonchev–Trinajstić information content (AvgIpc) is 3.23. The van der Waals surface area contributed by atoms with E-state index in [1.165, 1.54) is 4.57 Å². The van der Waals surface area contributed by atoms with Gasteiger partial charge in [0.2, 0.25) is 0 Å². The van der Waals surface area contributed by atoms with Crippen molar-refractivity contribution in [1.29, 1.82) is 0 Å². The van der Waals surface area contributed by atoms with Gasteiger partial charge in [0.05, 0.1) is 28.3 Å². The highest BCUT2D eigenvalue weighted by Crippen LogP contribution is 2.21. The Balaban J connectivity index is 1.66. The van der Waals surface area contributed by atoms with Gasteiger partial charge in [-0.25, -0.2) is 14.5 Å². The number of rotatable bonds is 4. The molecule has 2 N–H and O–H groups in total. The van der Waals surface area contributed by atoms with E-state index >= 15 is 0 Å². The van der Waals surface area contributed by atoms with Gasteiger partial charge in [0.1, 0.15) is 17.5 Å². The molecule has 0 fully saturated rings. The molecule has 37 heavy (non-hydrogen) atoms. The maximum absolute atomic E-state index is 13.9. The molecule has 0 unspecified atom stereocenters. The maximum Gasteiger partial charge on any atom is 0.267 e. The van der Waals surface area contributed by atoms with E-state index in [1.807, 2.05) is 18.2 Å². The number of aliphatic hydroxyl groups excluding tert-OH is 1. The van der Waals surface area contributed by atoms with E-state index < -0.39 is 12.1 Å². The Labute approximate surface area is 212 Å². The summed E-state index contributed by atoms with van der Waals surface area (Å²) in [4.78, 5) is 36.4. The van der Waals surface area contributed by atoms with Crippen molar-refractivity contribution in [1.82, 2.24) is 29.5 Å². The van der Waals surface area contributed by atoms with E-state index in [1.54, 1.807) is 74.1 Å². The molecule has 0 aliphatic rings. The summed E-state index contributed by atoms with van der Waals surface area (Å²) in [6.45, 7) is 5.08. The van der Waals surface area contributed by atoms with E-state index in [2.05, 4.69) is 27.2 Å². The van der Waals surface area contributed by atoms with Crippen molar-refractivity contribution in [2.45, 2.75) is 32.9 Å². The van der Waals surface area contributed by atoms with Crippen LogP contribution in [-0.4, -0.2) is 41.3 Å². The summed E-state index contributed by atoms with van der Waals surface area (Å²) in [7, 11) is 0. The van der Waals surface area contributed by atoms with Gasteiger partial charge in [0, 0.05) is 18.0 Å². The van der Waals surface area contributed by atoms with Gasteiger partial charge in [-0.3, -0.25) is 14.2 Å². The summed E-state index contributed by atoms with van der Waals surface area (Å²) < 4.78 is 3.04. The normalized spacial score (nSPS) is 12.6. The topological polar surface area (TPSA) is 114 Å². The van der Waals surface area contributed by atoms with Crippen molar-refractivity contribution in [3.05, 3.63) is 100.0 Å². The van der Waals surface area contributed by atoms with Crippen molar-refractivity contribution in [2.24, 2.45) is 0 Å². The number of hydrogen-bond acceptors (Lipinski definition) is 6. The minimum Gasteiger partial charge on any atom is -0.381 e. The fourth-order valence-electron chi connectivity index (χ4n) is 4.25. The Bertz CT molecular complexity index is 1760. The number of fused-ring (bicyclic) bond motifs is 2. The van der Waals surface area contributed by atoms with Crippen LogP contribution < -0.4 is 10.9 Å². The summed E-state index contributed by atoms with van der Waals surface area (Å²) in [5, 5.41) is 17.3. The SMILES string of the molecule is Cc1nn2cccnc2c1C(=O)N[C@H](C)c1nc2cccc(C#C[C@@H](C)O)c2c(=O)n1-c1ccccc1. The molecule has 2 aromatic carbocycles. The molecular formula is C28H24N6O3. The summed E-state index contributed by atoms with van der Waals surface area (Å²) in [6, 6.07) is 15.4. The number of hydrogen-bond donors (Lipinski definition) is 2. The largest absolute Gasteiger partial charge is 0.381 e. The van der Waals surface area contributed by atoms with Crippen molar-refractivity contribution in [2.75, 3.05) is 0 Å². The Kier molecular flexibility index (Phi) is 6.26. The summed E-state index contributed by atoms with van der Waals surface area (Å²) in [5.74, 6) is 5.58. The standard InChI is InChI=1S/C28H24N6O3/c1-17(35)13-14-20-9-7-12-22-24(20)28(37)34(21-10-5-4-6-11-21)25(31-22)19(3)30-27(36)23-18(2)32-33-16-8-15-29-26(23)33/h4-12,15-17,19,35H,1-3H3,(H,30,36)/t17-,19-/m1/s1. The molecule has 0 bridgehead atoms. The van der Waals surface area contributed by atoms with E-state index in [4.69, 9.17) is 4.98 Å². The predicted octanol–water partition coefficient (Wildman–Crippen LogP) is 2.96. The zero-order chi connectivity index (χ0) is 26.1. The molecule has 0 spiro atoms. The van der Waals surface area contributed by atoms with Gasteiger partial charge >= 0.3 is 0 Å². The molecule has 5 rings (SSSR count). The summed E-state index contributed by atoms with van der Waals surface area (Å²) in [6.07, 6.45) is 2.49. The van der Waals surface area contributed by atoms with Gasteiger partial charge in [-0.2, -0.15) is 5.10 Å². The quantitative estimate of drug-likeness (QED) is 0.373. The van der Waals surface area contributed by atoms with E-state index in [-0.39, 0.29) is 11.5 Å². The minimum absolute atomic E-state index is 0.323. The highest BCUT2D eigenvalue weighted by atomic mass is 16.3. The van der Waals surface area contributed by atoms with Gasteiger partial charge in [-0.1, -0.05) is 36.1 Å². The number of benzene rings is 2. The number of aromatic nitrogens is 5. The van der Waals surface area contributed by atoms with Gasteiger partial charge < -0.3 is 10.4 Å². The van der Waals surface area contributed by atoms with E-state index in [0.29, 0.717) is 44.9 Å². The van der Waals surface area contributed by atoms with Gasteiger partial charge in [0.15, 0.2) is 5.65 Å². The third-order valence-corrected chi connectivity index (χ3v) is 5.89. The van der Waals surface area contributed by atoms with Crippen LogP contribution in [-0.2, 0) is 0 Å². The molecule has 0 radical (unpaired) electrons. The van der Waals surface area contributed by atoms with E-state index in [0.717, 1.165) is 0 Å². The number of nitrogens with one attached hydrogen (secondary N) is 1. The van der Waals surface area contributed by atoms with Crippen molar-refractivity contribution in [3.63, 3.8) is 0 Å². The monoisotopic (exact) mass is 492 g/mol. The van der Waals surface area contributed by atoms with Crippen molar-refractivity contribution in [3.8, 4) is 17.5 Å². The summed E-state index contributed by atoms with van der Waals surface area (Å²) >= 11 is 0. The number of carbonyl (C=O) groups excluding carboxylic acids is 1. The Morgan fingerprint density at radius 3 is 2.62 bits per heavy atom. The first-order chi connectivity index (χ1) is 17.8. The number of nitrogens with zero attached hydrogens (tertiary/aromatic N) is 5. The highest BCUT2D eigenvalue weighted by molar-refractivity contribution is 6.01. The van der Waals surface area contributed by atoms with E-state index in [9.17, 15) is 14.7 Å². The van der Waals surface area contributed by atoms with Gasteiger partial charge in [-0.15, -0.1) is 0 Å². The number of carbonyl (C=O) groups is 1. The Hall–Kier alpha value is -4.81. The number of aryl methyl sites for hydroxylation is 1. The van der Waals surface area contributed by atoms with Crippen LogP contribution in [0.4, 0.5) is 0 Å². The minimum atomic E-state index is -0.841. The van der Waals surface area contributed by atoms with Gasteiger partial charge in [-0.05, 0) is 51.1 Å². The molecule has 3 aromatic heterocycles. The molecule has 3 heterocycles. The van der Waals surface area contributed by atoms with Crippen molar-refractivity contribution >= 4 is 22.5 Å². The lowest BCUT2D eigenvalue weighted by atomic mass is 10.1. The molecule has 1 amide bonds. The zero-order valence-corrected chi connectivity index (χ0v) is 20.5. The highest BCUT2D eigenvalue weighted by Gasteiger charge is 2.24. The van der Waals surface area contributed by atoms with Crippen LogP contribution in [0.25, 0.3) is 22.2 Å². The Morgan fingerprint density at radius 2 is 1.86 bits per heavy atom. The lowest BCUT2D eigenvalue weighted by Crippen LogP contribution is -2.33. The molecule has 5 aromatic rings. The van der Waals surface area contributed by atoms with Crippen LogP contribution in [0.3, 0.4) is 0 Å². The maximum atomic E-state index is 13.9. The second-order valence-corrected chi connectivity index (χ2v) is 8.63. The first-order valence-electron chi connectivity index (χ1n) is 11.8. The molecule has 9 nitrogen and oxygen atoms in total. The third-order valence-electron chi connectivity index (χ3n) is 5.89. The molecule has 0 aliphatic heterocycles. The van der Waals surface area contributed by atoms with Crippen LogP contribution in [0.2, 0.25) is 0 Å². The predicted molar refractivity (Wildman–Crippen MR) is 140 cm³/mol. The third kappa shape index (κ3) is 4.46.